The Morgan fingerprint density at radius 1 is 1.07 bits per heavy atom. The molecule has 0 saturated carbocycles. The molecule has 3 aromatic rings. The zero-order valence-corrected chi connectivity index (χ0v) is 15.9. The predicted octanol–water partition coefficient (Wildman–Crippen LogP) is 3.78. The molecule has 2 aromatic carbocycles. The molecule has 0 spiro atoms. The molecule has 0 saturated heterocycles. The fourth-order valence-corrected chi connectivity index (χ4v) is 3.11. The van der Waals surface area contributed by atoms with Crippen LogP contribution in [0.25, 0.3) is 0 Å². The summed E-state index contributed by atoms with van der Waals surface area (Å²) in [6, 6.07) is 19.5. The van der Waals surface area contributed by atoms with E-state index in [1.165, 1.54) is 16.8 Å². The van der Waals surface area contributed by atoms with Crippen LogP contribution in [0.1, 0.15) is 34.6 Å². The maximum absolute atomic E-state index is 12.9. The normalized spacial score (nSPS) is 11.8. The fourth-order valence-electron chi connectivity index (χ4n) is 2.81. The number of rotatable bonds is 5. The summed E-state index contributed by atoms with van der Waals surface area (Å²) in [6.45, 7) is 2.21. The average molecular weight is 382 g/mol. The summed E-state index contributed by atoms with van der Waals surface area (Å²) in [5, 5.41) is 4.87. The lowest BCUT2D eigenvalue weighted by molar-refractivity contribution is 0.0734. The van der Waals surface area contributed by atoms with Crippen LogP contribution in [0.3, 0.4) is 0 Å². The van der Waals surface area contributed by atoms with Crippen LogP contribution in [0, 0.1) is 0 Å². The van der Waals surface area contributed by atoms with Gasteiger partial charge in [0.05, 0.1) is 12.6 Å². The van der Waals surface area contributed by atoms with Gasteiger partial charge in [-0.05, 0) is 30.2 Å². The summed E-state index contributed by atoms with van der Waals surface area (Å²) in [7, 11) is 1.70. The van der Waals surface area contributed by atoms with Gasteiger partial charge in [0, 0.05) is 18.1 Å². The second-order valence-corrected chi connectivity index (χ2v) is 6.72. The van der Waals surface area contributed by atoms with E-state index in [9.17, 15) is 9.59 Å². The summed E-state index contributed by atoms with van der Waals surface area (Å²) in [5.74, 6) is -0.274. The maximum Gasteiger partial charge on any atom is 0.274 e. The van der Waals surface area contributed by atoms with Crippen LogP contribution in [-0.2, 0) is 6.54 Å². The molecule has 0 fully saturated rings. The molecule has 0 radical (unpaired) electrons. The van der Waals surface area contributed by atoms with Crippen molar-refractivity contribution in [3.8, 4) is 0 Å². The van der Waals surface area contributed by atoms with Gasteiger partial charge < -0.3 is 4.90 Å². The molecule has 27 heavy (non-hydrogen) atoms. The third kappa shape index (κ3) is 4.26. The van der Waals surface area contributed by atoms with Crippen LogP contribution in [0.4, 0.5) is 0 Å². The van der Waals surface area contributed by atoms with Gasteiger partial charge in [-0.1, -0.05) is 60.1 Å². The number of hydrogen-bond donors (Lipinski definition) is 0. The first kappa shape index (κ1) is 18.9. The topological polar surface area (TPSA) is 55.2 Å². The predicted molar refractivity (Wildman–Crippen MR) is 106 cm³/mol. The highest BCUT2D eigenvalue weighted by molar-refractivity contribution is 6.31. The van der Waals surface area contributed by atoms with Crippen LogP contribution >= 0.6 is 11.6 Å². The molecule has 0 bridgehead atoms. The molecule has 1 heterocycles. The van der Waals surface area contributed by atoms with Crippen molar-refractivity contribution in [1.82, 2.24) is 14.7 Å². The Hall–Kier alpha value is -2.92. The Labute approximate surface area is 162 Å². The number of halogens is 1. The van der Waals surface area contributed by atoms with Crippen LogP contribution in [0.5, 0.6) is 0 Å². The third-order valence-corrected chi connectivity index (χ3v) is 4.86. The summed E-state index contributed by atoms with van der Waals surface area (Å²) >= 11 is 6.25. The van der Waals surface area contributed by atoms with E-state index in [0.29, 0.717) is 11.6 Å². The van der Waals surface area contributed by atoms with Crippen molar-refractivity contribution in [3.63, 3.8) is 0 Å². The number of nitrogens with zero attached hydrogens (tertiary/aromatic N) is 3. The summed E-state index contributed by atoms with van der Waals surface area (Å²) in [5.41, 5.74) is 1.76. The second kappa shape index (κ2) is 8.18. The van der Waals surface area contributed by atoms with Gasteiger partial charge in [0.2, 0.25) is 0 Å². The largest absolute Gasteiger partial charge is 0.333 e. The van der Waals surface area contributed by atoms with Crippen LogP contribution in [0.2, 0.25) is 5.02 Å². The minimum absolute atomic E-state index is 0.215. The lowest BCUT2D eigenvalue weighted by Crippen LogP contribution is -2.33. The standard InChI is InChI=1S/C21H20ClN3O2/c1-15(17-10-6-7-11-18(17)22)24(2)21(27)19-12-13-20(26)25(23-19)14-16-8-4-3-5-9-16/h3-13,15H,14H2,1-2H3. The smallest absolute Gasteiger partial charge is 0.274 e. The first-order chi connectivity index (χ1) is 13.0. The molecule has 0 aliphatic rings. The lowest BCUT2D eigenvalue weighted by atomic mass is 10.1. The molecule has 0 aliphatic heterocycles. The SMILES string of the molecule is CC(c1ccccc1Cl)N(C)C(=O)c1ccc(=O)n(Cc2ccccc2)n1. The summed E-state index contributed by atoms with van der Waals surface area (Å²) < 4.78 is 1.30. The molecule has 1 aromatic heterocycles. The number of carbonyl (C=O) groups is 1. The zero-order chi connectivity index (χ0) is 19.4. The van der Waals surface area contributed by atoms with Gasteiger partial charge in [0.15, 0.2) is 0 Å². The molecule has 0 aliphatic carbocycles. The molecule has 1 amide bonds. The lowest BCUT2D eigenvalue weighted by Gasteiger charge is -2.25. The van der Waals surface area contributed by atoms with Crippen molar-refractivity contribution < 1.29 is 4.79 Å². The molecule has 138 valence electrons. The van der Waals surface area contributed by atoms with Crippen LogP contribution < -0.4 is 5.56 Å². The third-order valence-electron chi connectivity index (χ3n) is 4.52. The van der Waals surface area contributed by atoms with E-state index in [1.54, 1.807) is 18.0 Å². The quantitative estimate of drug-likeness (QED) is 0.675. The molecule has 6 heteroatoms. The molecule has 3 rings (SSSR count). The minimum atomic E-state index is -0.274. The molecule has 5 nitrogen and oxygen atoms in total. The first-order valence-electron chi connectivity index (χ1n) is 8.61. The molecule has 1 atom stereocenters. The number of hydrogen-bond acceptors (Lipinski definition) is 3. The van der Waals surface area contributed by atoms with E-state index in [1.807, 2.05) is 55.5 Å². The highest BCUT2D eigenvalue weighted by Crippen LogP contribution is 2.26. The fraction of sp³-hybridized carbons (Fsp3) is 0.190. The van der Waals surface area contributed by atoms with Gasteiger partial charge in [0.25, 0.3) is 11.5 Å². The average Bonchev–Trinajstić information content (AvgIpc) is 2.69. The Morgan fingerprint density at radius 3 is 2.44 bits per heavy atom. The first-order valence-corrected chi connectivity index (χ1v) is 8.99. The Morgan fingerprint density at radius 2 is 1.74 bits per heavy atom. The van der Waals surface area contributed by atoms with Crippen LogP contribution in [0.15, 0.2) is 71.5 Å². The van der Waals surface area contributed by atoms with Gasteiger partial charge in [-0.15, -0.1) is 0 Å². The second-order valence-electron chi connectivity index (χ2n) is 6.31. The Bertz CT molecular complexity index is 1000. The minimum Gasteiger partial charge on any atom is -0.333 e. The van der Waals surface area contributed by atoms with Crippen LogP contribution in [-0.4, -0.2) is 27.6 Å². The van der Waals surface area contributed by atoms with E-state index in [4.69, 9.17) is 11.6 Å². The molecular formula is C21H20ClN3O2. The monoisotopic (exact) mass is 381 g/mol. The van der Waals surface area contributed by atoms with Gasteiger partial charge in [-0.25, -0.2) is 4.68 Å². The highest BCUT2D eigenvalue weighted by atomic mass is 35.5. The van der Waals surface area contributed by atoms with Crippen molar-refractivity contribution in [2.75, 3.05) is 7.05 Å². The van der Waals surface area contributed by atoms with E-state index in [0.717, 1.165) is 11.1 Å². The number of carbonyl (C=O) groups excluding carboxylic acids is 1. The molecule has 0 N–H and O–H groups in total. The van der Waals surface area contributed by atoms with E-state index in [-0.39, 0.29) is 23.2 Å². The van der Waals surface area contributed by atoms with Crippen molar-refractivity contribution in [3.05, 3.63) is 98.9 Å². The number of aromatic nitrogens is 2. The number of amides is 1. The Balaban J connectivity index is 1.85. The zero-order valence-electron chi connectivity index (χ0n) is 15.2. The van der Waals surface area contributed by atoms with Crippen molar-refractivity contribution in [2.45, 2.75) is 19.5 Å². The van der Waals surface area contributed by atoms with Crippen molar-refractivity contribution in [1.29, 1.82) is 0 Å². The number of benzene rings is 2. The van der Waals surface area contributed by atoms with E-state index in [2.05, 4.69) is 5.10 Å². The van der Waals surface area contributed by atoms with Gasteiger partial charge in [-0.2, -0.15) is 5.10 Å². The van der Waals surface area contributed by atoms with Gasteiger partial charge in [0.1, 0.15) is 5.69 Å². The summed E-state index contributed by atoms with van der Waals surface area (Å²) in [4.78, 5) is 26.6. The molecule has 1 unspecified atom stereocenters. The van der Waals surface area contributed by atoms with Gasteiger partial charge >= 0.3 is 0 Å². The van der Waals surface area contributed by atoms with E-state index >= 15 is 0 Å². The molecular weight excluding hydrogens is 362 g/mol. The van der Waals surface area contributed by atoms with Crippen molar-refractivity contribution >= 4 is 17.5 Å². The summed E-state index contributed by atoms with van der Waals surface area (Å²) in [6.07, 6.45) is 0. The Kier molecular flexibility index (Phi) is 5.72. The van der Waals surface area contributed by atoms with E-state index < -0.39 is 0 Å². The van der Waals surface area contributed by atoms with Gasteiger partial charge in [-0.3, -0.25) is 9.59 Å². The maximum atomic E-state index is 12.9. The highest BCUT2D eigenvalue weighted by Gasteiger charge is 2.22. The van der Waals surface area contributed by atoms with Crippen molar-refractivity contribution in [2.24, 2.45) is 0 Å².